The lowest BCUT2D eigenvalue weighted by atomic mass is 10.0. The zero-order valence-corrected chi connectivity index (χ0v) is 13.5. The van der Waals surface area contributed by atoms with Crippen LogP contribution in [0.2, 0.25) is 5.02 Å². The minimum absolute atomic E-state index is 0.196. The van der Waals surface area contributed by atoms with Crippen LogP contribution in [0.25, 0.3) is 22.0 Å². The summed E-state index contributed by atoms with van der Waals surface area (Å²) >= 11 is 5.82. The van der Waals surface area contributed by atoms with Gasteiger partial charge in [-0.2, -0.15) is 0 Å². The molecular weight excluding hydrogens is 334 g/mol. The number of hydrogen-bond donors (Lipinski definition) is 1. The fraction of sp³-hybridized carbons (Fsp3) is 0.167. The number of aromatic nitrogens is 1. The van der Waals surface area contributed by atoms with E-state index in [0.29, 0.717) is 40.8 Å². The molecule has 1 aliphatic rings. The van der Waals surface area contributed by atoms with E-state index in [1.54, 1.807) is 13.0 Å². The van der Waals surface area contributed by atoms with E-state index in [1.807, 2.05) is 4.57 Å². The van der Waals surface area contributed by atoms with Gasteiger partial charge in [0.2, 0.25) is 0 Å². The van der Waals surface area contributed by atoms with Gasteiger partial charge in [-0.05, 0) is 42.8 Å². The Morgan fingerprint density at radius 3 is 2.71 bits per heavy atom. The van der Waals surface area contributed by atoms with Gasteiger partial charge < -0.3 is 9.88 Å². The molecule has 0 saturated carbocycles. The van der Waals surface area contributed by atoms with Gasteiger partial charge in [-0.25, -0.2) is 8.78 Å². The van der Waals surface area contributed by atoms with Crippen molar-refractivity contribution < 1.29 is 13.6 Å². The Balaban J connectivity index is 2.13. The molecule has 0 saturated heterocycles. The molecule has 1 N–H and O–H groups in total. The first-order valence-electron chi connectivity index (χ1n) is 7.53. The molecule has 1 aromatic heterocycles. The smallest absolute Gasteiger partial charge is 0.268 e. The summed E-state index contributed by atoms with van der Waals surface area (Å²) in [6.45, 7) is 2.81. The molecule has 2 aromatic carbocycles. The number of nitrogens with zero attached hydrogens (tertiary/aromatic N) is 1. The van der Waals surface area contributed by atoms with Crippen molar-refractivity contribution in [3.63, 3.8) is 0 Å². The van der Waals surface area contributed by atoms with E-state index in [4.69, 9.17) is 11.6 Å². The van der Waals surface area contributed by atoms with Gasteiger partial charge in [0, 0.05) is 34.6 Å². The SMILES string of the molecule is Cc1c2n(c3c(-c4ccc(Cl)cc4F)cc(F)cc13)CCNC2=O. The zero-order valence-electron chi connectivity index (χ0n) is 12.8. The van der Waals surface area contributed by atoms with Crippen molar-refractivity contribution in [2.75, 3.05) is 6.54 Å². The van der Waals surface area contributed by atoms with Crippen molar-refractivity contribution in [3.8, 4) is 11.1 Å². The number of fused-ring (bicyclic) bond motifs is 3. The molecule has 0 radical (unpaired) electrons. The number of carbonyl (C=O) groups is 1. The van der Waals surface area contributed by atoms with E-state index < -0.39 is 11.6 Å². The third kappa shape index (κ3) is 2.12. The van der Waals surface area contributed by atoms with Gasteiger partial charge >= 0.3 is 0 Å². The maximum atomic E-state index is 14.4. The Morgan fingerprint density at radius 2 is 1.96 bits per heavy atom. The van der Waals surface area contributed by atoms with E-state index >= 15 is 0 Å². The summed E-state index contributed by atoms with van der Waals surface area (Å²) in [4.78, 5) is 12.2. The summed E-state index contributed by atoms with van der Waals surface area (Å²) in [5.74, 6) is -1.20. The maximum absolute atomic E-state index is 14.4. The molecule has 24 heavy (non-hydrogen) atoms. The van der Waals surface area contributed by atoms with Crippen molar-refractivity contribution in [2.45, 2.75) is 13.5 Å². The predicted octanol–water partition coefficient (Wildman–Crippen LogP) is 4.29. The summed E-state index contributed by atoms with van der Waals surface area (Å²) in [7, 11) is 0. The van der Waals surface area contributed by atoms with Crippen molar-refractivity contribution in [3.05, 3.63) is 58.2 Å². The maximum Gasteiger partial charge on any atom is 0.268 e. The van der Waals surface area contributed by atoms with Crippen LogP contribution in [0.1, 0.15) is 16.1 Å². The summed E-state index contributed by atoms with van der Waals surface area (Å²) in [5, 5.41) is 3.68. The molecule has 0 fully saturated rings. The monoisotopic (exact) mass is 346 g/mol. The third-order valence-electron chi connectivity index (χ3n) is 4.43. The van der Waals surface area contributed by atoms with Gasteiger partial charge in [-0.15, -0.1) is 0 Å². The van der Waals surface area contributed by atoms with Crippen molar-refractivity contribution in [1.29, 1.82) is 0 Å². The van der Waals surface area contributed by atoms with Crippen LogP contribution in [0.4, 0.5) is 8.78 Å². The molecule has 1 aliphatic heterocycles. The van der Waals surface area contributed by atoms with Crippen LogP contribution in [0.15, 0.2) is 30.3 Å². The van der Waals surface area contributed by atoms with E-state index in [0.717, 1.165) is 0 Å². The summed E-state index contributed by atoms with van der Waals surface area (Å²) in [5.41, 5.74) is 2.54. The van der Waals surface area contributed by atoms with Crippen molar-refractivity contribution in [2.24, 2.45) is 0 Å². The quantitative estimate of drug-likeness (QED) is 0.700. The number of amides is 1. The highest BCUT2D eigenvalue weighted by atomic mass is 35.5. The highest BCUT2D eigenvalue weighted by Crippen LogP contribution is 2.37. The van der Waals surface area contributed by atoms with Crippen LogP contribution in [0.5, 0.6) is 0 Å². The van der Waals surface area contributed by atoms with Gasteiger partial charge in [0.1, 0.15) is 17.3 Å². The van der Waals surface area contributed by atoms with Gasteiger partial charge in [0.05, 0.1) is 5.52 Å². The summed E-state index contributed by atoms with van der Waals surface area (Å²) in [6.07, 6.45) is 0. The minimum Gasteiger partial charge on any atom is -0.349 e. The number of carbonyl (C=O) groups excluding carboxylic acids is 1. The fourth-order valence-electron chi connectivity index (χ4n) is 3.41. The average molecular weight is 347 g/mol. The van der Waals surface area contributed by atoms with Gasteiger partial charge in [0.15, 0.2) is 0 Å². The number of benzene rings is 2. The molecule has 0 spiro atoms. The number of rotatable bonds is 1. The molecule has 0 aliphatic carbocycles. The van der Waals surface area contributed by atoms with Gasteiger partial charge in [-0.3, -0.25) is 4.79 Å². The first-order valence-corrected chi connectivity index (χ1v) is 7.91. The van der Waals surface area contributed by atoms with E-state index in [2.05, 4.69) is 5.32 Å². The molecule has 2 heterocycles. The second kappa shape index (κ2) is 5.31. The standard InChI is InChI=1S/C18H13ClF2N2O/c1-9-13-7-11(20)8-14(12-3-2-10(19)6-15(12)21)17(13)23-5-4-22-18(24)16(9)23/h2-3,6-8H,4-5H2,1H3,(H,22,24). The van der Waals surface area contributed by atoms with E-state index in [1.165, 1.54) is 24.3 Å². The summed E-state index contributed by atoms with van der Waals surface area (Å²) < 4.78 is 30.4. The Morgan fingerprint density at radius 1 is 1.17 bits per heavy atom. The lowest BCUT2D eigenvalue weighted by Crippen LogP contribution is -2.35. The fourth-order valence-corrected chi connectivity index (χ4v) is 3.57. The molecule has 0 unspecified atom stereocenters. The second-order valence-corrected chi connectivity index (χ2v) is 6.29. The highest BCUT2D eigenvalue weighted by molar-refractivity contribution is 6.30. The third-order valence-corrected chi connectivity index (χ3v) is 4.67. The van der Waals surface area contributed by atoms with Crippen molar-refractivity contribution >= 4 is 28.4 Å². The molecule has 3 nitrogen and oxygen atoms in total. The average Bonchev–Trinajstić information content (AvgIpc) is 2.81. The molecule has 122 valence electrons. The van der Waals surface area contributed by atoms with Crippen LogP contribution in [0, 0.1) is 18.6 Å². The topological polar surface area (TPSA) is 34.0 Å². The lowest BCUT2D eigenvalue weighted by Gasteiger charge is -2.18. The number of hydrogen-bond acceptors (Lipinski definition) is 1. The van der Waals surface area contributed by atoms with Crippen LogP contribution in [0.3, 0.4) is 0 Å². The lowest BCUT2D eigenvalue weighted by molar-refractivity contribution is 0.0928. The van der Waals surface area contributed by atoms with E-state index in [9.17, 15) is 13.6 Å². The van der Waals surface area contributed by atoms with Crippen molar-refractivity contribution in [1.82, 2.24) is 9.88 Å². The normalized spacial score (nSPS) is 13.9. The molecule has 4 rings (SSSR count). The van der Waals surface area contributed by atoms with Gasteiger partial charge in [0.25, 0.3) is 5.91 Å². The Hall–Kier alpha value is -2.40. The Kier molecular flexibility index (Phi) is 3.35. The van der Waals surface area contributed by atoms with Crippen LogP contribution in [-0.2, 0) is 6.54 Å². The molecular formula is C18H13ClF2N2O. The Bertz CT molecular complexity index is 1010. The minimum atomic E-state index is -0.525. The molecule has 3 aromatic rings. The molecule has 0 atom stereocenters. The molecule has 1 amide bonds. The first kappa shape index (κ1) is 15.1. The zero-order chi connectivity index (χ0) is 17.0. The number of halogens is 3. The largest absolute Gasteiger partial charge is 0.349 e. The second-order valence-electron chi connectivity index (χ2n) is 5.85. The highest BCUT2D eigenvalue weighted by Gasteiger charge is 2.26. The molecule has 6 heteroatoms. The van der Waals surface area contributed by atoms with Crippen LogP contribution < -0.4 is 5.32 Å². The van der Waals surface area contributed by atoms with E-state index in [-0.39, 0.29) is 16.5 Å². The predicted molar refractivity (Wildman–Crippen MR) is 89.4 cm³/mol. The van der Waals surface area contributed by atoms with Gasteiger partial charge in [-0.1, -0.05) is 11.6 Å². The number of aryl methyl sites for hydroxylation is 1. The molecule has 0 bridgehead atoms. The first-order chi connectivity index (χ1) is 11.5. The summed E-state index contributed by atoms with van der Waals surface area (Å²) in [6, 6.07) is 6.99. The number of nitrogens with one attached hydrogen (secondary N) is 1. The van der Waals surface area contributed by atoms with Crippen LogP contribution in [-0.4, -0.2) is 17.0 Å². The Labute approximate surface area is 141 Å². The van der Waals surface area contributed by atoms with Crippen LogP contribution >= 0.6 is 11.6 Å².